The van der Waals surface area contributed by atoms with Crippen LogP contribution in [0.4, 0.5) is 0 Å². The smallest absolute Gasteiger partial charge is 0.336 e. The number of benzene rings is 1. The molecule has 27 heavy (non-hydrogen) atoms. The Labute approximate surface area is 161 Å². The van der Waals surface area contributed by atoms with Crippen LogP contribution in [0.25, 0.3) is 11.0 Å². The number of carbonyl (C=O) groups excluding carboxylic acids is 1. The fourth-order valence-corrected chi connectivity index (χ4v) is 4.24. The summed E-state index contributed by atoms with van der Waals surface area (Å²) < 4.78 is 5.36. The second kappa shape index (κ2) is 7.66. The molecule has 1 aliphatic heterocycles. The molecule has 1 amide bonds. The van der Waals surface area contributed by atoms with Gasteiger partial charge in [-0.1, -0.05) is 12.1 Å². The van der Waals surface area contributed by atoms with E-state index in [0.717, 1.165) is 48.1 Å². The van der Waals surface area contributed by atoms with Gasteiger partial charge in [0.15, 0.2) is 0 Å². The summed E-state index contributed by atoms with van der Waals surface area (Å²) >= 11 is 1.55. The van der Waals surface area contributed by atoms with Crippen LogP contribution in [-0.2, 0) is 6.54 Å². The summed E-state index contributed by atoms with van der Waals surface area (Å²) in [6.07, 6.45) is 0.925. The Bertz CT molecular complexity index is 1010. The zero-order chi connectivity index (χ0) is 18.8. The van der Waals surface area contributed by atoms with Gasteiger partial charge in [-0.05, 0) is 42.0 Å². The van der Waals surface area contributed by atoms with Crippen LogP contribution < -0.4 is 5.63 Å². The maximum atomic E-state index is 12.6. The maximum Gasteiger partial charge on any atom is 0.336 e. The third-order valence-electron chi connectivity index (χ3n) is 5.02. The van der Waals surface area contributed by atoms with Gasteiger partial charge in [-0.25, -0.2) is 4.79 Å². The Hall–Kier alpha value is -2.44. The third-order valence-corrected chi connectivity index (χ3v) is 5.71. The SMILES string of the molecule is Cc1ccc2c(CN3CCCN(C(=O)c4ccsc4)CC3)cc(=O)oc2c1. The van der Waals surface area contributed by atoms with Crippen molar-refractivity contribution in [2.75, 3.05) is 26.2 Å². The Morgan fingerprint density at radius 1 is 1.15 bits per heavy atom. The van der Waals surface area contributed by atoms with E-state index in [9.17, 15) is 9.59 Å². The highest BCUT2D eigenvalue weighted by Gasteiger charge is 2.21. The molecule has 3 heterocycles. The van der Waals surface area contributed by atoms with Gasteiger partial charge >= 0.3 is 5.63 Å². The average molecular weight is 382 g/mol. The molecule has 1 saturated heterocycles. The molecule has 0 bridgehead atoms. The third kappa shape index (κ3) is 3.96. The van der Waals surface area contributed by atoms with E-state index in [1.54, 1.807) is 17.4 Å². The van der Waals surface area contributed by atoms with Crippen LogP contribution in [0, 0.1) is 6.92 Å². The van der Waals surface area contributed by atoms with E-state index in [1.165, 1.54) is 0 Å². The van der Waals surface area contributed by atoms with Crippen molar-refractivity contribution in [1.82, 2.24) is 9.80 Å². The number of carbonyl (C=O) groups is 1. The lowest BCUT2D eigenvalue weighted by Gasteiger charge is -2.22. The fourth-order valence-electron chi connectivity index (χ4n) is 3.61. The number of fused-ring (bicyclic) bond motifs is 1. The summed E-state index contributed by atoms with van der Waals surface area (Å²) in [5.74, 6) is 0.111. The van der Waals surface area contributed by atoms with Crippen LogP contribution in [-0.4, -0.2) is 41.9 Å². The summed E-state index contributed by atoms with van der Waals surface area (Å²) in [5, 5.41) is 4.82. The molecule has 0 aliphatic carbocycles. The quantitative estimate of drug-likeness (QED) is 0.651. The van der Waals surface area contributed by atoms with Crippen LogP contribution in [0.1, 0.15) is 27.9 Å². The number of aryl methyl sites for hydroxylation is 1. The molecule has 1 fully saturated rings. The minimum absolute atomic E-state index is 0.111. The van der Waals surface area contributed by atoms with E-state index in [1.807, 2.05) is 46.8 Å². The molecule has 2 aromatic heterocycles. The molecular weight excluding hydrogens is 360 g/mol. The van der Waals surface area contributed by atoms with Crippen molar-refractivity contribution in [2.45, 2.75) is 19.9 Å². The average Bonchev–Trinajstić information content (AvgIpc) is 3.08. The highest BCUT2D eigenvalue weighted by Crippen LogP contribution is 2.21. The van der Waals surface area contributed by atoms with E-state index in [2.05, 4.69) is 4.90 Å². The molecule has 5 nitrogen and oxygen atoms in total. The van der Waals surface area contributed by atoms with Crippen molar-refractivity contribution in [2.24, 2.45) is 0 Å². The number of hydrogen-bond acceptors (Lipinski definition) is 5. The van der Waals surface area contributed by atoms with Crippen molar-refractivity contribution in [3.63, 3.8) is 0 Å². The lowest BCUT2D eigenvalue weighted by Crippen LogP contribution is -2.35. The molecule has 4 rings (SSSR count). The summed E-state index contributed by atoms with van der Waals surface area (Å²) in [7, 11) is 0. The first-order chi connectivity index (χ1) is 13.1. The molecule has 3 aromatic rings. The molecule has 140 valence electrons. The monoisotopic (exact) mass is 382 g/mol. The Kier molecular flexibility index (Phi) is 5.09. The predicted octanol–water partition coefficient (Wildman–Crippen LogP) is 3.51. The van der Waals surface area contributed by atoms with E-state index in [4.69, 9.17) is 4.42 Å². The molecule has 0 saturated carbocycles. The van der Waals surface area contributed by atoms with Gasteiger partial charge in [-0.2, -0.15) is 11.3 Å². The van der Waals surface area contributed by atoms with Crippen molar-refractivity contribution in [3.05, 3.63) is 68.2 Å². The van der Waals surface area contributed by atoms with Crippen molar-refractivity contribution < 1.29 is 9.21 Å². The topological polar surface area (TPSA) is 53.8 Å². The van der Waals surface area contributed by atoms with Gasteiger partial charge in [-0.15, -0.1) is 0 Å². The van der Waals surface area contributed by atoms with Crippen LogP contribution in [0.2, 0.25) is 0 Å². The zero-order valence-corrected chi connectivity index (χ0v) is 16.1. The molecule has 6 heteroatoms. The Morgan fingerprint density at radius 3 is 2.85 bits per heavy atom. The summed E-state index contributed by atoms with van der Waals surface area (Å²) in [5.41, 5.74) is 3.16. The first-order valence-electron chi connectivity index (χ1n) is 9.17. The maximum absolute atomic E-state index is 12.6. The van der Waals surface area contributed by atoms with Gasteiger partial charge in [0.1, 0.15) is 5.58 Å². The van der Waals surface area contributed by atoms with Crippen LogP contribution in [0.3, 0.4) is 0 Å². The van der Waals surface area contributed by atoms with Gasteiger partial charge in [0.05, 0.1) is 5.56 Å². The molecule has 0 spiro atoms. The standard InChI is InChI=1S/C21H22N2O3S/c1-15-3-4-18-17(12-20(24)26-19(18)11-15)13-22-6-2-7-23(9-8-22)21(25)16-5-10-27-14-16/h3-5,10-12,14H,2,6-9,13H2,1H3. The minimum Gasteiger partial charge on any atom is -0.423 e. The second-order valence-electron chi connectivity index (χ2n) is 7.02. The lowest BCUT2D eigenvalue weighted by molar-refractivity contribution is 0.0761. The number of nitrogens with zero attached hydrogens (tertiary/aromatic N) is 2. The number of rotatable bonds is 3. The zero-order valence-electron chi connectivity index (χ0n) is 15.3. The molecular formula is C21H22N2O3S. The Balaban J connectivity index is 1.50. The molecule has 0 radical (unpaired) electrons. The van der Waals surface area contributed by atoms with Gasteiger partial charge in [0, 0.05) is 49.6 Å². The lowest BCUT2D eigenvalue weighted by atomic mass is 10.1. The first kappa shape index (κ1) is 17.9. The summed E-state index contributed by atoms with van der Waals surface area (Å²) in [6, 6.07) is 9.44. The van der Waals surface area contributed by atoms with Crippen LogP contribution in [0.15, 0.2) is 50.3 Å². The normalized spacial score (nSPS) is 15.8. The number of thiophene rings is 1. The summed E-state index contributed by atoms with van der Waals surface area (Å²) in [4.78, 5) is 28.8. The van der Waals surface area contributed by atoms with E-state index in [0.29, 0.717) is 18.7 Å². The highest BCUT2D eigenvalue weighted by atomic mass is 32.1. The van der Waals surface area contributed by atoms with Crippen molar-refractivity contribution in [1.29, 1.82) is 0 Å². The summed E-state index contributed by atoms with van der Waals surface area (Å²) in [6.45, 7) is 5.84. The van der Waals surface area contributed by atoms with Crippen molar-refractivity contribution >= 4 is 28.2 Å². The van der Waals surface area contributed by atoms with Crippen LogP contribution in [0.5, 0.6) is 0 Å². The molecule has 1 aliphatic rings. The van der Waals surface area contributed by atoms with Gasteiger partial charge < -0.3 is 9.32 Å². The predicted molar refractivity (Wildman–Crippen MR) is 107 cm³/mol. The van der Waals surface area contributed by atoms with Gasteiger partial charge in [0.2, 0.25) is 0 Å². The first-order valence-corrected chi connectivity index (χ1v) is 10.1. The molecule has 0 atom stereocenters. The Morgan fingerprint density at radius 2 is 2.04 bits per heavy atom. The minimum atomic E-state index is -0.313. The highest BCUT2D eigenvalue weighted by molar-refractivity contribution is 7.08. The molecule has 0 unspecified atom stereocenters. The molecule has 1 aromatic carbocycles. The van der Waals surface area contributed by atoms with E-state index in [-0.39, 0.29) is 11.5 Å². The van der Waals surface area contributed by atoms with E-state index < -0.39 is 0 Å². The number of hydrogen-bond donors (Lipinski definition) is 0. The van der Waals surface area contributed by atoms with Gasteiger partial charge in [-0.3, -0.25) is 9.69 Å². The van der Waals surface area contributed by atoms with Gasteiger partial charge in [0.25, 0.3) is 5.91 Å². The molecule has 0 N–H and O–H groups in total. The largest absolute Gasteiger partial charge is 0.423 e. The van der Waals surface area contributed by atoms with Crippen molar-refractivity contribution in [3.8, 4) is 0 Å². The van der Waals surface area contributed by atoms with Crippen LogP contribution >= 0.6 is 11.3 Å². The second-order valence-corrected chi connectivity index (χ2v) is 7.80. The van der Waals surface area contributed by atoms with E-state index >= 15 is 0 Å². The number of amides is 1. The fraction of sp³-hybridized carbons (Fsp3) is 0.333.